The third-order valence-electron chi connectivity index (χ3n) is 4.85. The van der Waals surface area contributed by atoms with Crippen molar-refractivity contribution in [1.82, 2.24) is 9.80 Å². The molecule has 0 aliphatic carbocycles. The fourth-order valence-electron chi connectivity index (χ4n) is 3.74. The molecular formula is C17H33N3O2. The van der Waals surface area contributed by atoms with E-state index in [0.29, 0.717) is 0 Å². The monoisotopic (exact) mass is 311 g/mol. The molecule has 5 nitrogen and oxygen atoms in total. The molecule has 1 amide bonds. The van der Waals surface area contributed by atoms with Crippen molar-refractivity contribution in [3.05, 3.63) is 0 Å². The molecule has 0 spiro atoms. The lowest BCUT2D eigenvalue weighted by atomic mass is 9.80. The van der Waals surface area contributed by atoms with Gasteiger partial charge in [0.2, 0.25) is 0 Å². The van der Waals surface area contributed by atoms with Gasteiger partial charge in [0, 0.05) is 32.7 Å². The van der Waals surface area contributed by atoms with Crippen LogP contribution >= 0.6 is 0 Å². The highest BCUT2D eigenvalue weighted by molar-refractivity contribution is 5.68. The zero-order chi connectivity index (χ0) is 16.2. The van der Waals surface area contributed by atoms with Crippen molar-refractivity contribution in [3.63, 3.8) is 0 Å². The van der Waals surface area contributed by atoms with E-state index in [0.717, 1.165) is 50.9 Å². The van der Waals surface area contributed by atoms with Gasteiger partial charge in [-0.25, -0.2) is 4.79 Å². The van der Waals surface area contributed by atoms with Crippen molar-refractivity contribution in [1.29, 1.82) is 0 Å². The normalized spacial score (nSPS) is 25.3. The molecule has 128 valence electrons. The number of likely N-dealkylation sites (tertiary alicyclic amines) is 2. The number of nitrogens with zero attached hydrogens (tertiary/aromatic N) is 2. The van der Waals surface area contributed by atoms with Crippen LogP contribution in [0.25, 0.3) is 0 Å². The average Bonchev–Trinajstić information content (AvgIpc) is 2.46. The largest absolute Gasteiger partial charge is 0.444 e. The number of nitrogens with two attached hydrogens (primary N) is 1. The molecular weight excluding hydrogens is 278 g/mol. The van der Waals surface area contributed by atoms with Crippen LogP contribution in [0.3, 0.4) is 0 Å². The van der Waals surface area contributed by atoms with E-state index < -0.39 is 5.60 Å². The lowest BCUT2D eigenvalue weighted by Crippen LogP contribution is -2.46. The minimum absolute atomic E-state index is 0.153. The standard InChI is InChI=1S/C17H33N3O2/c1-17(2,3)22-16(21)20-10-6-14(7-11-20)15-5-4-9-19(13-15)12-8-18/h14-15H,4-13,18H2,1-3H3/t15-/m0/s1. The van der Waals surface area contributed by atoms with E-state index in [1.54, 1.807) is 0 Å². The van der Waals surface area contributed by atoms with Crippen LogP contribution in [0.4, 0.5) is 4.79 Å². The van der Waals surface area contributed by atoms with E-state index in [1.165, 1.54) is 25.9 Å². The first-order chi connectivity index (χ1) is 10.4. The van der Waals surface area contributed by atoms with E-state index in [-0.39, 0.29) is 6.09 Å². The molecule has 2 fully saturated rings. The van der Waals surface area contributed by atoms with Gasteiger partial charge in [0.15, 0.2) is 0 Å². The van der Waals surface area contributed by atoms with Gasteiger partial charge >= 0.3 is 6.09 Å². The molecule has 2 rings (SSSR count). The Morgan fingerprint density at radius 3 is 2.41 bits per heavy atom. The number of piperidine rings is 2. The Morgan fingerprint density at radius 2 is 1.82 bits per heavy atom. The topological polar surface area (TPSA) is 58.8 Å². The molecule has 2 N–H and O–H groups in total. The highest BCUT2D eigenvalue weighted by Gasteiger charge is 2.32. The summed E-state index contributed by atoms with van der Waals surface area (Å²) in [5, 5.41) is 0. The summed E-state index contributed by atoms with van der Waals surface area (Å²) in [5.41, 5.74) is 5.28. The molecule has 0 saturated carbocycles. The highest BCUT2D eigenvalue weighted by Crippen LogP contribution is 2.31. The maximum atomic E-state index is 12.1. The Morgan fingerprint density at radius 1 is 1.14 bits per heavy atom. The van der Waals surface area contributed by atoms with Gasteiger partial charge < -0.3 is 20.3 Å². The maximum absolute atomic E-state index is 12.1. The molecule has 0 bridgehead atoms. The van der Waals surface area contributed by atoms with Crippen molar-refractivity contribution >= 4 is 6.09 Å². The summed E-state index contributed by atoms with van der Waals surface area (Å²) in [6.45, 7) is 11.6. The molecule has 1 atom stereocenters. The van der Waals surface area contributed by atoms with E-state index in [4.69, 9.17) is 10.5 Å². The predicted molar refractivity (Wildman–Crippen MR) is 88.7 cm³/mol. The van der Waals surface area contributed by atoms with Gasteiger partial charge in [0.1, 0.15) is 5.60 Å². The van der Waals surface area contributed by atoms with Crippen molar-refractivity contribution in [2.45, 2.75) is 52.1 Å². The molecule has 2 aliphatic rings. The number of amides is 1. The summed E-state index contributed by atoms with van der Waals surface area (Å²) < 4.78 is 5.47. The zero-order valence-corrected chi connectivity index (χ0v) is 14.5. The number of hydrogen-bond acceptors (Lipinski definition) is 4. The Balaban J connectivity index is 1.78. The first kappa shape index (κ1) is 17.5. The minimum Gasteiger partial charge on any atom is -0.444 e. The second-order valence-corrected chi connectivity index (χ2v) is 7.80. The molecule has 0 unspecified atom stereocenters. The summed E-state index contributed by atoms with van der Waals surface area (Å²) in [4.78, 5) is 16.5. The second kappa shape index (κ2) is 7.64. The van der Waals surface area contributed by atoms with Gasteiger partial charge in [-0.1, -0.05) is 0 Å². The third-order valence-corrected chi connectivity index (χ3v) is 4.85. The fourth-order valence-corrected chi connectivity index (χ4v) is 3.74. The lowest BCUT2D eigenvalue weighted by molar-refractivity contribution is 0.0129. The summed E-state index contributed by atoms with van der Waals surface area (Å²) in [7, 11) is 0. The number of carbonyl (C=O) groups is 1. The molecule has 5 heteroatoms. The first-order valence-corrected chi connectivity index (χ1v) is 8.79. The van der Waals surface area contributed by atoms with E-state index >= 15 is 0 Å². The highest BCUT2D eigenvalue weighted by atomic mass is 16.6. The number of carbonyl (C=O) groups excluding carboxylic acids is 1. The van der Waals surface area contributed by atoms with Crippen LogP contribution in [-0.4, -0.2) is 60.8 Å². The molecule has 22 heavy (non-hydrogen) atoms. The fraction of sp³-hybridized carbons (Fsp3) is 0.941. The third kappa shape index (κ3) is 5.13. The van der Waals surface area contributed by atoms with Gasteiger partial charge in [0.05, 0.1) is 0 Å². The Hall–Kier alpha value is -0.810. The van der Waals surface area contributed by atoms with Gasteiger partial charge in [-0.05, 0) is 64.8 Å². The molecule has 0 aromatic rings. The van der Waals surface area contributed by atoms with Crippen LogP contribution in [0.2, 0.25) is 0 Å². The average molecular weight is 311 g/mol. The van der Waals surface area contributed by atoms with Crippen molar-refractivity contribution in [2.75, 3.05) is 39.3 Å². The predicted octanol–water partition coefficient (Wildman–Crippen LogP) is 2.30. The van der Waals surface area contributed by atoms with Crippen LogP contribution < -0.4 is 5.73 Å². The molecule has 0 aromatic heterocycles. The van der Waals surface area contributed by atoms with Crippen LogP contribution in [0, 0.1) is 11.8 Å². The molecule has 0 aromatic carbocycles. The van der Waals surface area contributed by atoms with Gasteiger partial charge in [-0.15, -0.1) is 0 Å². The number of rotatable bonds is 3. The summed E-state index contributed by atoms with van der Waals surface area (Å²) in [5.74, 6) is 1.53. The van der Waals surface area contributed by atoms with Gasteiger partial charge in [-0.3, -0.25) is 0 Å². The SMILES string of the molecule is CC(C)(C)OC(=O)N1CCC([C@H]2CCCN(CCN)C2)CC1. The maximum Gasteiger partial charge on any atom is 0.410 e. The summed E-state index contributed by atoms with van der Waals surface area (Å²) in [6.07, 6.45) is 4.69. The quantitative estimate of drug-likeness (QED) is 0.869. The van der Waals surface area contributed by atoms with Gasteiger partial charge in [-0.2, -0.15) is 0 Å². The van der Waals surface area contributed by atoms with Crippen molar-refractivity contribution in [3.8, 4) is 0 Å². The first-order valence-electron chi connectivity index (χ1n) is 8.79. The zero-order valence-electron chi connectivity index (χ0n) is 14.5. The smallest absolute Gasteiger partial charge is 0.410 e. The van der Waals surface area contributed by atoms with E-state index in [2.05, 4.69) is 4.90 Å². The Bertz CT molecular complexity index is 357. The number of ether oxygens (including phenoxy) is 1. The second-order valence-electron chi connectivity index (χ2n) is 7.80. The van der Waals surface area contributed by atoms with Crippen molar-refractivity contribution < 1.29 is 9.53 Å². The summed E-state index contributed by atoms with van der Waals surface area (Å²) in [6, 6.07) is 0. The van der Waals surface area contributed by atoms with Crippen LogP contribution in [0.1, 0.15) is 46.5 Å². The minimum atomic E-state index is -0.403. The van der Waals surface area contributed by atoms with Gasteiger partial charge in [0.25, 0.3) is 0 Å². The van der Waals surface area contributed by atoms with E-state index in [9.17, 15) is 4.79 Å². The Kier molecular flexibility index (Phi) is 6.09. The van der Waals surface area contributed by atoms with Crippen LogP contribution in [-0.2, 0) is 4.74 Å². The molecule has 2 saturated heterocycles. The van der Waals surface area contributed by atoms with Crippen LogP contribution in [0.15, 0.2) is 0 Å². The van der Waals surface area contributed by atoms with Crippen LogP contribution in [0.5, 0.6) is 0 Å². The molecule has 0 radical (unpaired) electrons. The Labute approximate surface area is 135 Å². The lowest BCUT2D eigenvalue weighted by Gasteiger charge is -2.41. The summed E-state index contributed by atoms with van der Waals surface area (Å²) >= 11 is 0. The molecule has 2 aliphatic heterocycles. The van der Waals surface area contributed by atoms with E-state index in [1.807, 2.05) is 25.7 Å². The van der Waals surface area contributed by atoms with Crippen molar-refractivity contribution in [2.24, 2.45) is 17.6 Å². The molecule has 2 heterocycles. The number of hydrogen-bond donors (Lipinski definition) is 1.